The molecule has 2 unspecified atom stereocenters. The van der Waals surface area contributed by atoms with Crippen LogP contribution < -0.4 is 15.4 Å². The van der Waals surface area contributed by atoms with Crippen LogP contribution in [-0.4, -0.2) is 50.1 Å². The number of nitrogens with zero attached hydrogens (tertiary/aromatic N) is 1. The molecule has 0 radical (unpaired) electrons. The molecule has 0 saturated carbocycles. The van der Waals surface area contributed by atoms with Crippen LogP contribution in [0.3, 0.4) is 0 Å². The van der Waals surface area contributed by atoms with E-state index in [0.29, 0.717) is 30.2 Å². The van der Waals surface area contributed by atoms with Crippen molar-refractivity contribution in [3.63, 3.8) is 0 Å². The van der Waals surface area contributed by atoms with E-state index in [-0.39, 0.29) is 24.5 Å². The maximum atomic E-state index is 12.9. The third-order valence-electron chi connectivity index (χ3n) is 5.06. The number of ether oxygens (including phenoxy) is 1. The van der Waals surface area contributed by atoms with E-state index in [1.807, 2.05) is 24.3 Å². The number of benzene rings is 2. The molecule has 2 aromatic rings. The summed E-state index contributed by atoms with van der Waals surface area (Å²) in [5.41, 5.74) is 1.60. The third kappa shape index (κ3) is 6.05. The van der Waals surface area contributed by atoms with Crippen LogP contribution in [-0.2, 0) is 0 Å². The number of urea groups is 1. The molecule has 2 amide bonds. The summed E-state index contributed by atoms with van der Waals surface area (Å²) in [6, 6.07) is 13.8. The second kappa shape index (κ2) is 9.89. The molecule has 0 spiro atoms. The Morgan fingerprint density at radius 3 is 2.52 bits per heavy atom. The fourth-order valence-corrected chi connectivity index (χ4v) is 3.74. The van der Waals surface area contributed by atoms with Gasteiger partial charge in [-0.2, -0.15) is 0 Å². The molecule has 3 rings (SSSR count). The molecule has 2 N–H and O–H groups in total. The van der Waals surface area contributed by atoms with Gasteiger partial charge in [-0.1, -0.05) is 23.7 Å². The third-order valence-corrected chi connectivity index (χ3v) is 5.31. The Balaban J connectivity index is 1.71. The largest absolute Gasteiger partial charge is 0.497 e. The van der Waals surface area contributed by atoms with Crippen LogP contribution in [0.2, 0.25) is 5.02 Å². The van der Waals surface area contributed by atoms with Gasteiger partial charge in [0.05, 0.1) is 13.7 Å². The highest BCUT2D eigenvalue weighted by molar-refractivity contribution is 6.30. The number of carbonyl (C=O) groups is 1. The predicted molar refractivity (Wildman–Crippen MR) is 110 cm³/mol. The number of methoxy groups -OCH3 is 1. The molecule has 0 aliphatic carbocycles. The van der Waals surface area contributed by atoms with E-state index in [0.717, 1.165) is 11.3 Å². The first-order chi connectivity index (χ1) is 13.9. The number of anilines is 1. The Morgan fingerprint density at radius 2 is 1.90 bits per heavy atom. The van der Waals surface area contributed by atoms with Gasteiger partial charge in [0.2, 0.25) is 0 Å². The van der Waals surface area contributed by atoms with Crippen molar-refractivity contribution in [1.29, 1.82) is 0 Å². The molecule has 2 atom stereocenters. The van der Waals surface area contributed by atoms with Gasteiger partial charge in [0.15, 0.2) is 0 Å². The van der Waals surface area contributed by atoms with Crippen molar-refractivity contribution in [1.82, 2.24) is 10.2 Å². The van der Waals surface area contributed by atoms with Gasteiger partial charge in [-0.3, -0.25) is 4.90 Å². The highest BCUT2D eigenvalue weighted by Crippen LogP contribution is 2.29. The molecule has 1 aliphatic rings. The number of alkyl halides is 2. The maximum absolute atomic E-state index is 12.9. The molecular weight excluding hydrogens is 400 g/mol. The molecule has 8 heteroatoms. The standard InChI is InChI=1S/C21H24ClF2N3O2/c1-29-17-8-2-14(3-9-17)18-12-27(13-20(23)24)11-10-19(18)26-21(28)25-16-6-4-15(22)5-7-16/h2-9,18-20H,10-13H2,1H3,(H2,25,26,28). The summed E-state index contributed by atoms with van der Waals surface area (Å²) in [6.07, 6.45) is -1.80. The summed E-state index contributed by atoms with van der Waals surface area (Å²) in [7, 11) is 1.59. The Labute approximate surface area is 174 Å². The molecule has 156 valence electrons. The van der Waals surface area contributed by atoms with Crippen molar-refractivity contribution in [3.8, 4) is 5.75 Å². The number of carbonyl (C=O) groups excluding carboxylic acids is 1. The lowest BCUT2D eigenvalue weighted by Crippen LogP contribution is -2.51. The molecule has 29 heavy (non-hydrogen) atoms. The van der Waals surface area contributed by atoms with Crippen molar-refractivity contribution in [2.45, 2.75) is 24.8 Å². The van der Waals surface area contributed by atoms with Crippen molar-refractivity contribution in [3.05, 3.63) is 59.1 Å². The zero-order valence-electron chi connectivity index (χ0n) is 16.1. The number of hydrogen-bond donors (Lipinski definition) is 2. The summed E-state index contributed by atoms with van der Waals surface area (Å²) in [5, 5.41) is 6.38. The van der Waals surface area contributed by atoms with E-state index < -0.39 is 6.43 Å². The first-order valence-electron chi connectivity index (χ1n) is 9.42. The van der Waals surface area contributed by atoms with Crippen LogP contribution in [0.5, 0.6) is 5.75 Å². The van der Waals surface area contributed by atoms with E-state index in [4.69, 9.17) is 16.3 Å². The van der Waals surface area contributed by atoms with Gasteiger partial charge < -0.3 is 15.4 Å². The van der Waals surface area contributed by atoms with Gasteiger partial charge in [0.1, 0.15) is 5.75 Å². The van der Waals surface area contributed by atoms with Crippen molar-refractivity contribution >= 4 is 23.3 Å². The minimum atomic E-state index is -2.38. The van der Waals surface area contributed by atoms with Gasteiger partial charge in [-0.25, -0.2) is 13.6 Å². The van der Waals surface area contributed by atoms with Gasteiger partial charge in [0, 0.05) is 35.8 Å². The fourth-order valence-electron chi connectivity index (χ4n) is 3.61. The molecule has 1 saturated heterocycles. The number of rotatable bonds is 6. The van der Waals surface area contributed by atoms with Crippen LogP contribution in [0.1, 0.15) is 17.9 Å². The Morgan fingerprint density at radius 1 is 1.21 bits per heavy atom. The first kappa shape index (κ1) is 21.3. The number of likely N-dealkylation sites (tertiary alicyclic amines) is 1. The number of hydrogen-bond acceptors (Lipinski definition) is 3. The van der Waals surface area contributed by atoms with E-state index >= 15 is 0 Å². The molecular formula is C21H24ClF2N3O2. The highest BCUT2D eigenvalue weighted by atomic mass is 35.5. The van der Waals surface area contributed by atoms with Gasteiger partial charge >= 0.3 is 6.03 Å². The van der Waals surface area contributed by atoms with E-state index in [2.05, 4.69) is 10.6 Å². The van der Waals surface area contributed by atoms with Crippen LogP contribution in [0, 0.1) is 0 Å². The van der Waals surface area contributed by atoms with E-state index in [1.54, 1.807) is 36.3 Å². The minimum Gasteiger partial charge on any atom is -0.497 e. The number of amides is 2. The lowest BCUT2D eigenvalue weighted by Gasteiger charge is -2.39. The number of halogens is 3. The molecule has 1 aliphatic heterocycles. The maximum Gasteiger partial charge on any atom is 0.319 e. The Kier molecular flexibility index (Phi) is 7.28. The highest BCUT2D eigenvalue weighted by Gasteiger charge is 2.32. The second-order valence-corrected chi connectivity index (χ2v) is 7.47. The predicted octanol–water partition coefficient (Wildman–Crippen LogP) is 4.59. The summed E-state index contributed by atoms with van der Waals surface area (Å²) < 4.78 is 31.0. The lowest BCUT2D eigenvalue weighted by atomic mass is 9.86. The van der Waals surface area contributed by atoms with Crippen molar-refractivity contribution in [2.24, 2.45) is 0 Å². The lowest BCUT2D eigenvalue weighted by molar-refractivity contribution is 0.0676. The molecule has 5 nitrogen and oxygen atoms in total. The molecule has 1 fully saturated rings. The van der Waals surface area contributed by atoms with Gasteiger partial charge in [-0.05, 0) is 48.4 Å². The summed E-state index contributed by atoms with van der Waals surface area (Å²) >= 11 is 5.87. The zero-order valence-corrected chi connectivity index (χ0v) is 16.8. The average Bonchev–Trinajstić information content (AvgIpc) is 2.70. The SMILES string of the molecule is COc1ccc(C2CN(CC(F)F)CCC2NC(=O)Nc2ccc(Cl)cc2)cc1. The van der Waals surface area contributed by atoms with Crippen LogP contribution in [0.25, 0.3) is 0 Å². The van der Waals surface area contributed by atoms with E-state index in [9.17, 15) is 13.6 Å². The van der Waals surface area contributed by atoms with Crippen LogP contribution >= 0.6 is 11.6 Å². The topological polar surface area (TPSA) is 53.6 Å². The Bertz CT molecular complexity index is 803. The molecule has 0 aromatic heterocycles. The molecule has 2 aromatic carbocycles. The Hall–Kier alpha value is -2.38. The van der Waals surface area contributed by atoms with Gasteiger partial charge in [0.25, 0.3) is 6.43 Å². The normalized spacial score (nSPS) is 19.8. The fraction of sp³-hybridized carbons (Fsp3) is 0.381. The second-order valence-electron chi connectivity index (χ2n) is 7.03. The smallest absolute Gasteiger partial charge is 0.319 e. The summed E-state index contributed by atoms with van der Waals surface area (Å²) in [5.74, 6) is 0.614. The summed E-state index contributed by atoms with van der Waals surface area (Å²) in [4.78, 5) is 14.2. The average molecular weight is 424 g/mol. The van der Waals surface area contributed by atoms with Gasteiger partial charge in [-0.15, -0.1) is 0 Å². The number of piperidine rings is 1. The van der Waals surface area contributed by atoms with Crippen LogP contribution in [0.15, 0.2) is 48.5 Å². The summed E-state index contributed by atoms with van der Waals surface area (Å²) in [6.45, 7) is 0.682. The van der Waals surface area contributed by atoms with Crippen molar-refractivity contribution in [2.75, 3.05) is 32.1 Å². The quantitative estimate of drug-likeness (QED) is 0.714. The van der Waals surface area contributed by atoms with Crippen LogP contribution in [0.4, 0.5) is 19.3 Å². The monoisotopic (exact) mass is 423 g/mol. The number of nitrogens with one attached hydrogen (secondary N) is 2. The van der Waals surface area contributed by atoms with Crippen molar-refractivity contribution < 1.29 is 18.3 Å². The van der Waals surface area contributed by atoms with E-state index in [1.165, 1.54) is 0 Å². The zero-order chi connectivity index (χ0) is 20.8. The molecule has 1 heterocycles. The molecule has 0 bridgehead atoms. The minimum absolute atomic E-state index is 0.107. The first-order valence-corrected chi connectivity index (χ1v) is 9.80.